The van der Waals surface area contributed by atoms with E-state index in [1.807, 2.05) is 18.2 Å². The molecule has 1 fully saturated rings. The van der Waals surface area contributed by atoms with Crippen LogP contribution in [0.2, 0.25) is 0 Å². The number of nitrogens with one attached hydrogen (secondary N) is 1. The maximum Gasteiger partial charge on any atom is 0.0267 e. The summed E-state index contributed by atoms with van der Waals surface area (Å²) in [7, 11) is 0. The summed E-state index contributed by atoms with van der Waals surface area (Å²) in [6.07, 6.45) is 4.63. The lowest BCUT2D eigenvalue weighted by molar-refractivity contribution is 0.152. The molecule has 1 atom stereocenters. The molecule has 3 heteroatoms. The lowest BCUT2D eigenvalue weighted by Gasteiger charge is -2.36. The van der Waals surface area contributed by atoms with Gasteiger partial charge in [-0.2, -0.15) is 0 Å². The van der Waals surface area contributed by atoms with E-state index in [1.54, 1.807) is 12.4 Å². The van der Waals surface area contributed by atoms with Crippen LogP contribution in [0, 0.1) is 0 Å². The molecule has 0 saturated carbocycles. The molecule has 1 N–H and O–H groups in total. The van der Waals surface area contributed by atoms with Crippen LogP contribution in [0.5, 0.6) is 0 Å². The van der Waals surface area contributed by atoms with Crippen molar-refractivity contribution in [2.75, 3.05) is 19.6 Å². The topological polar surface area (TPSA) is 28.2 Å². The van der Waals surface area contributed by atoms with E-state index in [-0.39, 0.29) is 0 Å². The van der Waals surface area contributed by atoms with Gasteiger partial charge >= 0.3 is 0 Å². The van der Waals surface area contributed by atoms with Crippen LogP contribution in [0.25, 0.3) is 0 Å². The number of hydrogen-bond donors (Lipinski definition) is 1. The van der Waals surface area contributed by atoms with E-state index in [2.05, 4.69) is 75.9 Å². The molecule has 4 rings (SSSR count). The van der Waals surface area contributed by atoms with E-state index in [1.165, 1.54) is 11.1 Å². The molecule has 1 saturated heterocycles. The second-order valence-electron chi connectivity index (χ2n) is 6.53. The Balaban J connectivity index is 0.000000278. The van der Waals surface area contributed by atoms with Crippen molar-refractivity contribution in [3.05, 3.63) is 102 Å². The second-order valence-corrected chi connectivity index (χ2v) is 6.53. The van der Waals surface area contributed by atoms with Crippen LogP contribution in [-0.4, -0.2) is 35.6 Å². The predicted octanol–water partition coefficient (Wildman–Crippen LogP) is 3.78. The highest BCUT2D eigenvalue weighted by Gasteiger charge is 2.22. The molecule has 0 spiro atoms. The van der Waals surface area contributed by atoms with Gasteiger partial charge in [0, 0.05) is 44.6 Å². The number of benzene rings is 2. The molecule has 26 heavy (non-hydrogen) atoms. The van der Waals surface area contributed by atoms with Crippen molar-refractivity contribution in [1.82, 2.24) is 15.2 Å². The molecule has 2 aromatic carbocycles. The third-order valence-corrected chi connectivity index (χ3v) is 4.58. The van der Waals surface area contributed by atoms with Crippen molar-refractivity contribution in [2.45, 2.75) is 19.0 Å². The first kappa shape index (κ1) is 18.3. The van der Waals surface area contributed by atoms with Crippen molar-refractivity contribution in [3.63, 3.8) is 0 Å². The summed E-state index contributed by atoms with van der Waals surface area (Å²) < 4.78 is 0. The van der Waals surface area contributed by atoms with Crippen molar-refractivity contribution < 1.29 is 0 Å². The summed E-state index contributed by atoms with van der Waals surface area (Å²) in [6.45, 7) is 4.37. The molecule has 134 valence electrons. The summed E-state index contributed by atoms with van der Waals surface area (Å²) in [5, 5.41) is 3.53. The summed E-state index contributed by atoms with van der Waals surface area (Å²) >= 11 is 0. The lowest BCUT2D eigenvalue weighted by atomic mass is 10.0. The zero-order valence-electron chi connectivity index (χ0n) is 15.2. The van der Waals surface area contributed by atoms with E-state index < -0.39 is 0 Å². The smallest absolute Gasteiger partial charge is 0.0267 e. The molecule has 1 aliphatic heterocycles. The fraction of sp³-hybridized carbons (Fsp3) is 0.261. The number of nitrogens with zero attached hydrogens (tertiary/aromatic N) is 2. The Kier molecular flexibility index (Phi) is 7.39. The van der Waals surface area contributed by atoms with Crippen molar-refractivity contribution in [1.29, 1.82) is 0 Å². The van der Waals surface area contributed by atoms with Gasteiger partial charge in [-0.1, -0.05) is 66.7 Å². The average Bonchev–Trinajstić information content (AvgIpc) is 2.73. The van der Waals surface area contributed by atoms with Gasteiger partial charge in [0.2, 0.25) is 0 Å². The SMILES string of the molecule is c1ccc(CC2CNCCN2Cc2ccccc2)cc1.c1ccncc1. The van der Waals surface area contributed by atoms with Crippen LogP contribution in [-0.2, 0) is 13.0 Å². The van der Waals surface area contributed by atoms with E-state index in [9.17, 15) is 0 Å². The monoisotopic (exact) mass is 345 g/mol. The van der Waals surface area contributed by atoms with Gasteiger partial charge in [-0.15, -0.1) is 0 Å². The van der Waals surface area contributed by atoms with Crippen LogP contribution in [0.3, 0.4) is 0 Å². The zero-order valence-corrected chi connectivity index (χ0v) is 15.2. The standard InChI is InChI=1S/C18H22N2.C5H5N/c1-3-7-16(8-4-1)13-18-14-19-11-12-20(18)15-17-9-5-2-6-10-17;1-2-4-6-5-3-1/h1-10,18-19H,11-15H2;1-5H. The van der Waals surface area contributed by atoms with Crippen LogP contribution >= 0.6 is 0 Å². The lowest BCUT2D eigenvalue weighted by Crippen LogP contribution is -2.51. The Bertz CT molecular complexity index is 640. The largest absolute Gasteiger partial charge is 0.314 e. The maximum atomic E-state index is 3.78. The van der Waals surface area contributed by atoms with Crippen LogP contribution in [0.1, 0.15) is 11.1 Å². The molecule has 3 aromatic rings. The third kappa shape index (κ3) is 6.10. The van der Waals surface area contributed by atoms with E-state index >= 15 is 0 Å². The summed E-state index contributed by atoms with van der Waals surface area (Å²) in [4.78, 5) is 6.39. The van der Waals surface area contributed by atoms with Crippen molar-refractivity contribution in [2.24, 2.45) is 0 Å². The first-order chi connectivity index (χ1) is 12.9. The number of hydrogen-bond acceptors (Lipinski definition) is 3. The molecule has 1 aromatic heterocycles. The van der Waals surface area contributed by atoms with Gasteiger partial charge in [0.15, 0.2) is 0 Å². The minimum atomic E-state index is 0.589. The highest BCUT2D eigenvalue weighted by atomic mass is 15.2. The second kappa shape index (κ2) is 10.5. The average molecular weight is 345 g/mol. The highest BCUT2D eigenvalue weighted by molar-refractivity contribution is 5.18. The Morgan fingerprint density at radius 2 is 1.42 bits per heavy atom. The Morgan fingerprint density at radius 3 is 2.00 bits per heavy atom. The molecule has 0 radical (unpaired) electrons. The summed E-state index contributed by atoms with van der Waals surface area (Å²) in [5.41, 5.74) is 2.84. The Labute approximate surface area is 156 Å². The van der Waals surface area contributed by atoms with E-state index in [4.69, 9.17) is 0 Å². The van der Waals surface area contributed by atoms with Crippen LogP contribution in [0.15, 0.2) is 91.3 Å². The van der Waals surface area contributed by atoms with Crippen LogP contribution in [0.4, 0.5) is 0 Å². The molecule has 1 unspecified atom stereocenters. The van der Waals surface area contributed by atoms with Gasteiger partial charge in [0.05, 0.1) is 0 Å². The fourth-order valence-corrected chi connectivity index (χ4v) is 3.23. The van der Waals surface area contributed by atoms with E-state index in [0.29, 0.717) is 6.04 Å². The number of aromatic nitrogens is 1. The first-order valence-electron chi connectivity index (χ1n) is 9.29. The van der Waals surface area contributed by atoms with Gasteiger partial charge in [-0.05, 0) is 29.7 Å². The normalized spacial score (nSPS) is 17.2. The zero-order chi connectivity index (χ0) is 17.9. The molecule has 3 nitrogen and oxygen atoms in total. The number of pyridine rings is 1. The van der Waals surface area contributed by atoms with Crippen molar-refractivity contribution >= 4 is 0 Å². The quantitative estimate of drug-likeness (QED) is 0.780. The first-order valence-corrected chi connectivity index (χ1v) is 9.29. The van der Waals surface area contributed by atoms with Crippen LogP contribution < -0.4 is 5.32 Å². The van der Waals surface area contributed by atoms with Gasteiger partial charge in [-0.3, -0.25) is 9.88 Å². The minimum absolute atomic E-state index is 0.589. The molecule has 0 aliphatic carbocycles. The number of piperazine rings is 1. The Morgan fingerprint density at radius 1 is 0.808 bits per heavy atom. The maximum absolute atomic E-state index is 3.78. The molecule has 0 amide bonds. The number of rotatable bonds is 4. The Hall–Kier alpha value is -2.49. The summed E-state index contributed by atoms with van der Waals surface area (Å²) in [5.74, 6) is 0. The van der Waals surface area contributed by atoms with Gasteiger partial charge < -0.3 is 5.32 Å². The molecular weight excluding hydrogens is 318 g/mol. The fourth-order valence-electron chi connectivity index (χ4n) is 3.23. The molecule has 2 heterocycles. The predicted molar refractivity (Wildman–Crippen MR) is 108 cm³/mol. The molecule has 1 aliphatic rings. The van der Waals surface area contributed by atoms with Gasteiger partial charge in [0.25, 0.3) is 0 Å². The minimum Gasteiger partial charge on any atom is -0.314 e. The van der Waals surface area contributed by atoms with Crippen molar-refractivity contribution in [3.8, 4) is 0 Å². The van der Waals surface area contributed by atoms with Gasteiger partial charge in [-0.25, -0.2) is 0 Å². The molecule has 0 bridgehead atoms. The highest BCUT2D eigenvalue weighted by Crippen LogP contribution is 2.14. The molecular formula is C23H27N3. The van der Waals surface area contributed by atoms with E-state index in [0.717, 1.165) is 32.6 Å². The summed E-state index contributed by atoms with van der Waals surface area (Å²) in [6, 6.07) is 27.9. The third-order valence-electron chi connectivity index (χ3n) is 4.58. The van der Waals surface area contributed by atoms with Gasteiger partial charge in [0.1, 0.15) is 0 Å².